The van der Waals surface area contributed by atoms with Crippen molar-refractivity contribution in [3.05, 3.63) is 0 Å². The van der Waals surface area contributed by atoms with Crippen LogP contribution in [-0.2, 0) is 14.3 Å². The van der Waals surface area contributed by atoms with E-state index in [-0.39, 0.29) is 5.97 Å². The summed E-state index contributed by atoms with van der Waals surface area (Å²) in [6, 6.07) is 0. The SMILES string of the molecule is CCC(=O)OC([C]=O)CC. The fourth-order valence-electron chi connectivity index (χ4n) is 0.433. The van der Waals surface area contributed by atoms with Gasteiger partial charge in [0, 0.05) is 6.42 Å². The maximum atomic E-state index is 10.5. The molecule has 0 heterocycles. The Morgan fingerprint density at radius 2 is 2.20 bits per heavy atom. The normalized spacial score (nSPS) is 12.2. The second-order valence-electron chi connectivity index (χ2n) is 1.86. The summed E-state index contributed by atoms with van der Waals surface area (Å²) >= 11 is 0. The molecule has 0 aliphatic rings. The van der Waals surface area contributed by atoms with Crippen LogP contribution in [0.2, 0.25) is 0 Å². The molecule has 0 aliphatic carbocycles. The number of carbonyl (C=O) groups is 1. The van der Waals surface area contributed by atoms with Crippen LogP contribution in [0, 0.1) is 0 Å². The molecule has 0 spiro atoms. The van der Waals surface area contributed by atoms with E-state index in [0.717, 1.165) is 0 Å². The summed E-state index contributed by atoms with van der Waals surface area (Å²) in [6.07, 6.45) is 1.75. The summed E-state index contributed by atoms with van der Waals surface area (Å²) in [5, 5.41) is 0. The molecule has 3 nitrogen and oxygen atoms in total. The smallest absolute Gasteiger partial charge is 0.306 e. The second-order valence-corrected chi connectivity index (χ2v) is 1.86. The van der Waals surface area contributed by atoms with Crippen molar-refractivity contribution >= 4 is 12.3 Å². The molecule has 0 amide bonds. The van der Waals surface area contributed by atoms with E-state index in [1.54, 1.807) is 20.1 Å². The van der Waals surface area contributed by atoms with Crippen LogP contribution >= 0.6 is 0 Å². The van der Waals surface area contributed by atoms with Gasteiger partial charge in [0.2, 0.25) is 6.29 Å². The van der Waals surface area contributed by atoms with E-state index >= 15 is 0 Å². The summed E-state index contributed by atoms with van der Waals surface area (Å²) in [4.78, 5) is 20.5. The van der Waals surface area contributed by atoms with Crippen LogP contribution in [0.25, 0.3) is 0 Å². The zero-order chi connectivity index (χ0) is 7.98. The summed E-state index contributed by atoms with van der Waals surface area (Å²) < 4.78 is 4.64. The van der Waals surface area contributed by atoms with Gasteiger partial charge in [0.1, 0.15) is 0 Å². The van der Waals surface area contributed by atoms with Crippen LogP contribution in [0.3, 0.4) is 0 Å². The molecular formula is C7H11O3. The first-order chi connectivity index (χ1) is 4.74. The molecule has 1 radical (unpaired) electrons. The van der Waals surface area contributed by atoms with E-state index in [2.05, 4.69) is 4.74 Å². The molecular weight excluding hydrogens is 132 g/mol. The zero-order valence-electron chi connectivity index (χ0n) is 6.22. The highest BCUT2D eigenvalue weighted by Crippen LogP contribution is 1.95. The van der Waals surface area contributed by atoms with Crippen molar-refractivity contribution in [2.45, 2.75) is 32.8 Å². The lowest BCUT2D eigenvalue weighted by atomic mass is 10.3. The topological polar surface area (TPSA) is 43.4 Å². The number of hydrogen-bond donors (Lipinski definition) is 0. The lowest BCUT2D eigenvalue weighted by molar-refractivity contribution is -0.145. The molecule has 0 fully saturated rings. The van der Waals surface area contributed by atoms with E-state index in [1.807, 2.05) is 0 Å². The van der Waals surface area contributed by atoms with Gasteiger partial charge in [-0.15, -0.1) is 0 Å². The van der Waals surface area contributed by atoms with Crippen LogP contribution in [-0.4, -0.2) is 18.4 Å². The molecule has 57 valence electrons. The predicted octanol–water partition coefficient (Wildman–Crippen LogP) is 0.828. The Hall–Kier alpha value is -0.860. The molecule has 0 saturated carbocycles. The Morgan fingerprint density at radius 3 is 2.50 bits per heavy atom. The molecule has 1 atom stereocenters. The predicted molar refractivity (Wildman–Crippen MR) is 36.2 cm³/mol. The van der Waals surface area contributed by atoms with E-state index in [1.165, 1.54) is 0 Å². The van der Waals surface area contributed by atoms with Crippen molar-refractivity contribution in [1.29, 1.82) is 0 Å². The van der Waals surface area contributed by atoms with Gasteiger partial charge in [-0.2, -0.15) is 0 Å². The molecule has 0 aromatic rings. The van der Waals surface area contributed by atoms with Gasteiger partial charge in [0.25, 0.3) is 0 Å². The highest BCUT2D eigenvalue weighted by Gasteiger charge is 2.09. The standard InChI is InChI=1S/C7H11O3/c1-3-6(5-8)10-7(9)4-2/h6H,3-4H2,1-2H3. The number of esters is 1. The van der Waals surface area contributed by atoms with Crippen molar-refractivity contribution in [2.24, 2.45) is 0 Å². The first-order valence-electron chi connectivity index (χ1n) is 3.31. The zero-order valence-corrected chi connectivity index (χ0v) is 6.22. The Morgan fingerprint density at radius 1 is 1.60 bits per heavy atom. The Kier molecular flexibility index (Phi) is 4.54. The van der Waals surface area contributed by atoms with E-state index in [0.29, 0.717) is 12.8 Å². The Labute approximate surface area is 60.4 Å². The van der Waals surface area contributed by atoms with Gasteiger partial charge >= 0.3 is 5.97 Å². The van der Waals surface area contributed by atoms with Crippen LogP contribution in [0.5, 0.6) is 0 Å². The third kappa shape index (κ3) is 3.22. The van der Waals surface area contributed by atoms with Crippen LogP contribution < -0.4 is 0 Å². The number of ether oxygens (including phenoxy) is 1. The highest BCUT2D eigenvalue weighted by molar-refractivity contribution is 5.72. The van der Waals surface area contributed by atoms with Gasteiger partial charge in [-0.05, 0) is 6.42 Å². The molecule has 0 rings (SSSR count). The molecule has 0 N–H and O–H groups in total. The van der Waals surface area contributed by atoms with Gasteiger partial charge in [-0.3, -0.25) is 9.59 Å². The van der Waals surface area contributed by atoms with Gasteiger partial charge in [-0.1, -0.05) is 13.8 Å². The number of hydrogen-bond acceptors (Lipinski definition) is 3. The van der Waals surface area contributed by atoms with Crippen molar-refractivity contribution in [1.82, 2.24) is 0 Å². The number of carbonyl (C=O) groups excluding carboxylic acids is 2. The third-order valence-electron chi connectivity index (χ3n) is 1.06. The molecule has 0 aromatic heterocycles. The number of rotatable bonds is 4. The van der Waals surface area contributed by atoms with Gasteiger partial charge in [0.05, 0.1) is 0 Å². The molecule has 1 unspecified atom stereocenters. The maximum absolute atomic E-state index is 10.5. The van der Waals surface area contributed by atoms with Gasteiger partial charge in [-0.25, -0.2) is 0 Å². The molecule has 10 heavy (non-hydrogen) atoms. The summed E-state index contributed by atoms with van der Waals surface area (Å²) in [6.45, 7) is 3.44. The lowest BCUT2D eigenvalue weighted by Crippen LogP contribution is -2.17. The fourth-order valence-corrected chi connectivity index (χ4v) is 0.433. The second kappa shape index (κ2) is 4.97. The van der Waals surface area contributed by atoms with Gasteiger partial charge < -0.3 is 4.74 Å². The Balaban J connectivity index is 3.62. The van der Waals surface area contributed by atoms with Crippen LogP contribution in [0.15, 0.2) is 0 Å². The highest BCUT2D eigenvalue weighted by atomic mass is 16.5. The first-order valence-corrected chi connectivity index (χ1v) is 3.31. The molecule has 0 saturated heterocycles. The quantitative estimate of drug-likeness (QED) is 0.547. The molecule has 3 heteroatoms. The third-order valence-corrected chi connectivity index (χ3v) is 1.06. The molecule has 0 aromatic carbocycles. The minimum absolute atomic E-state index is 0.304. The lowest BCUT2D eigenvalue weighted by Gasteiger charge is -2.06. The summed E-state index contributed by atoms with van der Waals surface area (Å²) in [5.74, 6) is -0.352. The van der Waals surface area contributed by atoms with E-state index < -0.39 is 6.10 Å². The van der Waals surface area contributed by atoms with Crippen molar-refractivity contribution in [3.8, 4) is 0 Å². The first kappa shape index (κ1) is 9.14. The average Bonchev–Trinajstić information content (AvgIpc) is 1.99. The van der Waals surface area contributed by atoms with Crippen LogP contribution in [0.4, 0.5) is 0 Å². The van der Waals surface area contributed by atoms with Crippen molar-refractivity contribution < 1.29 is 14.3 Å². The average molecular weight is 143 g/mol. The fraction of sp³-hybridized carbons (Fsp3) is 0.714. The largest absolute Gasteiger partial charge is 0.454 e. The van der Waals surface area contributed by atoms with E-state index in [9.17, 15) is 9.59 Å². The van der Waals surface area contributed by atoms with Crippen molar-refractivity contribution in [3.63, 3.8) is 0 Å². The van der Waals surface area contributed by atoms with Crippen LogP contribution in [0.1, 0.15) is 26.7 Å². The molecule has 0 bridgehead atoms. The minimum Gasteiger partial charge on any atom is -0.454 e. The maximum Gasteiger partial charge on any atom is 0.306 e. The van der Waals surface area contributed by atoms with Crippen molar-refractivity contribution in [2.75, 3.05) is 0 Å². The minimum atomic E-state index is -0.674. The summed E-state index contributed by atoms with van der Waals surface area (Å²) in [5.41, 5.74) is 0. The van der Waals surface area contributed by atoms with E-state index in [4.69, 9.17) is 0 Å². The molecule has 0 aliphatic heterocycles. The Bertz CT molecular complexity index is 120. The summed E-state index contributed by atoms with van der Waals surface area (Å²) in [7, 11) is 0. The van der Waals surface area contributed by atoms with Gasteiger partial charge in [0.15, 0.2) is 6.10 Å². The monoisotopic (exact) mass is 143 g/mol.